The van der Waals surface area contributed by atoms with Gasteiger partial charge in [-0.15, -0.1) is 21.5 Å². The van der Waals surface area contributed by atoms with Gasteiger partial charge in [0.1, 0.15) is 0 Å². The molecule has 0 aliphatic carbocycles. The van der Waals surface area contributed by atoms with Gasteiger partial charge in [-0.3, -0.25) is 9.36 Å². The molecule has 0 N–H and O–H groups in total. The number of rotatable bonds is 5. The first-order chi connectivity index (χ1) is 13.2. The molecule has 4 heterocycles. The number of carbonyl (C=O) groups excluding carboxylic acids is 1. The van der Waals surface area contributed by atoms with Crippen molar-refractivity contribution in [3.63, 3.8) is 0 Å². The fourth-order valence-corrected chi connectivity index (χ4v) is 5.43. The highest BCUT2D eigenvalue weighted by Crippen LogP contribution is 2.29. The van der Waals surface area contributed by atoms with Crippen LogP contribution in [0, 0.1) is 0 Å². The fourth-order valence-electron chi connectivity index (χ4n) is 3.54. The van der Waals surface area contributed by atoms with Crippen LogP contribution < -0.4 is 4.90 Å². The van der Waals surface area contributed by atoms with Gasteiger partial charge in [0, 0.05) is 37.6 Å². The Kier molecular flexibility index (Phi) is 5.70. The summed E-state index contributed by atoms with van der Waals surface area (Å²) in [5, 5.41) is 11.5. The van der Waals surface area contributed by atoms with E-state index < -0.39 is 0 Å². The number of thioether (sulfide) groups is 1. The molecule has 4 rings (SSSR count). The summed E-state index contributed by atoms with van der Waals surface area (Å²) in [4.78, 5) is 18.6. The minimum Gasteiger partial charge on any atom is -0.378 e. The smallest absolute Gasteiger partial charge is 0.236 e. The van der Waals surface area contributed by atoms with Crippen LogP contribution in [0.1, 0.15) is 24.3 Å². The van der Waals surface area contributed by atoms with Crippen molar-refractivity contribution in [3.05, 3.63) is 21.9 Å². The Labute approximate surface area is 167 Å². The summed E-state index contributed by atoms with van der Waals surface area (Å²) in [6.45, 7) is 9.46. The molecule has 0 saturated carbocycles. The number of amides is 1. The van der Waals surface area contributed by atoms with Crippen molar-refractivity contribution in [3.8, 4) is 0 Å². The number of carbonyl (C=O) groups is 1. The lowest BCUT2D eigenvalue weighted by Crippen LogP contribution is -2.39. The second kappa shape index (κ2) is 8.20. The lowest BCUT2D eigenvalue weighted by molar-refractivity contribution is -0.131. The van der Waals surface area contributed by atoms with Crippen LogP contribution in [-0.4, -0.2) is 63.7 Å². The second-order valence-corrected chi connectivity index (χ2v) is 9.07. The van der Waals surface area contributed by atoms with Crippen LogP contribution in [0.25, 0.3) is 0 Å². The molecule has 2 aliphatic rings. The van der Waals surface area contributed by atoms with E-state index in [4.69, 9.17) is 4.74 Å². The molecule has 9 heteroatoms. The second-order valence-electron chi connectivity index (χ2n) is 6.77. The molecule has 146 valence electrons. The minimum absolute atomic E-state index is 0.176. The maximum Gasteiger partial charge on any atom is 0.236 e. The molecule has 0 radical (unpaired) electrons. The standard InChI is InChI=1S/C18H25N5O2S2/c1-3-23-17(21-7-9-25-10-8-21)19-20-18(23)27-13(2)16(24)22-6-4-15-14(12-22)5-11-26-15/h5,11,13H,3-4,6-10,12H2,1-2H3. The van der Waals surface area contributed by atoms with Gasteiger partial charge in [-0.05, 0) is 37.3 Å². The predicted octanol–water partition coefficient (Wildman–Crippen LogP) is 2.26. The molecule has 0 aromatic carbocycles. The average molecular weight is 408 g/mol. The van der Waals surface area contributed by atoms with E-state index in [1.54, 1.807) is 11.3 Å². The Balaban J connectivity index is 1.44. The molecule has 27 heavy (non-hydrogen) atoms. The van der Waals surface area contributed by atoms with Crippen LogP contribution in [0.5, 0.6) is 0 Å². The summed E-state index contributed by atoms with van der Waals surface area (Å²) in [7, 11) is 0. The largest absolute Gasteiger partial charge is 0.378 e. The number of aromatic nitrogens is 3. The Morgan fingerprint density at radius 2 is 2.15 bits per heavy atom. The van der Waals surface area contributed by atoms with Gasteiger partial charge in [0.15, 0.2) is 5.16 Å². The Morgan fingerprint density at radius 3 is 2.93 bits per heavy atom. The average Bonchev–Trinajstić information content (AvgIpc) is 3.33. The first kappa shape index (κ1) is 18.8. The van der Waals surface area contributed by atoms with E-state index in [2.05, 4.69) is 38.0 Å². The van der Waals surface area contributed by atoms with Gasteiger partial charge >= 0.3 is 0 Å². The summed E-state index contributed by atoms with van der Waals surface area (Å²) < 4.78 is 7.53. The van der Waals surface area contributed by atoms with Crippen molar-refractivity contribution in [2.45, 2.75) is 43.8 Å². The van der Waals surface area contributed by atoms with Gasteiger partial charge in [-0.1, -0.05) is 11.8 Å². The zero-order valence-electron chi connectivity index (χ0n) is 15.8. The summed E-state index contributed by atoms with van der Waals surface area (Å²) in [5.41, 5.74) is 1.29. The van der Waals surface area contributed by atoms with Gasteiger partial charge in [0.25, 0.3) is 0 Å². The lowest BCUT2D eigenvalue weighted by Gasteiger charge is -2.29. The molecule has 1 saturated heterocycles. The number of thiophene rings is 1. The lowest BCUT2D eigenvalue weighted by atomic mass is 10.1. The molecule has 7 nitrogen and oxygen atoms in total. The molecule has 2 aliphatic heterocycles. The topological polar surface area (TPSA) is 63.5 Å². The zero-order chi connectivity index (χ0) is 18.8. The van der Waals surface area contributed by atoms with Gasteiger partial charge in [0.05, 0.1) is 18.5 Å². The summed E-state index contributed by atoms with van der Waals surface area (Å²) in [6.07, 6.45) is 0.961. The first-order valence-electron chi connectivity index (χ1n) is 9.44. The molecule has 1 unspecified atom stereocenters. The number of morpholine rings is 1. The number of anilines is 1. The minimum atomic E-state index is -0.183. The van der Waals surface area contributed by atoms with Gasteiger partial charge in [-0.25, -0.2) is 0 Å². The van der Waals surface area contributed by atoms with E-state index in [1.807, 2.05) is 11.8 Å². The number of fused-ring (bicyclic) bond motifs is 1. The molecule has 1 amide bonds. The van der Waals surface area contributed by atoms with Crippen molar-refractivity contribution in [2.24, 2.45) is 0 Å². The zero-order valence-corrected chi connectivity index (χ0v) is 17.4. The maximum absolute atomic E-state index is 13.0. The van der Waals surface area contributed by atoms with E-state index in [0.717, 1.165) is 50.2 Å². The molecule has 0 spiro atoms. The third-order valence-electron chi connectivity index (χ3n) is 5.06. The van der Waals surface area contributed by atoms with Gasteiger partial charge < -0.3 is 14.5 Å². The molecule has 0 bridgehead atoms. The van der Waals surface area contributed by atoms with Crippen molar-refractivity contribution in [1.29, 1.82) is 0 Å². The maximum atomic E-state index is 13.0. The Morgan fingerprint density at radius 1 is 1.33 bits per heavy atom. The van der Waals surface area contributed by atoms with Gasteiger partial charge in [-0.2, -0.15) is 0 Å². The highest BCUT2D eigenvalue weighted by molar-refractivity contribution is 8.00. The quantitative estimate of drug-likeness (QED) is 0.709. The fraction of sp³-hybridized carbons (Fsp3) is 0.611. The van der Waals surface area contributed by atoms with E-state index >= 15 is 0 Å². The normalized spacial score (nSPS) is 18.4. The summed E-state index contributed by atoms with van der Waals surface area (Å²) in [6, 6.07) is 2.14. The SMILES string of the molecule is CCn1c(SC(C)C(=O)N2CCc3sccc3C2)nnc1N1CCOCC1. The molecular weight excluding hydrogens is 382 g/mol. The van der Waals surface area contributed by atoms with E-state index in [-0.39, 0.29) is 11.2 Å². The summed E-state index contributed by atoms with van der Waals surface area (Å²) >= 11 is 3.30. The predicted molar refractivity (Wildman–Crippen MR) is 107 cm³/mol. The van der Waals surface area contributed by atoms with Crippen LogP contribution in [0.2, 0.25) is 0 Å². The molecule has 2 aromatic heterocycles. The van der Waals surface area contributed by atoms with Crippen molar-refractivity contribution in [2.75, 3.05) is 37.7 Å². The van der Waals surface area contributed by atoms with Crippen LogP contribution in [0.15, 0.2) is 16.6 Å². The molecule has 1 atom stereocenters. The molecule has 2 aromatic rings. The number of hydrogen-bond acceptors (Lipinski definition) is 7. The highest BCUT2D eigenvalue weighted by Gasteiger charge is 2.28. The van der Waals surface area contributed by atoms with Crippen LogP contribution >= 0.6 is 23.1 Å². The van der Waals surface area contributed by atoms with E-state index in [0.29, 0.717) is 13.2 Å². The number of nitrogens with zero attached hydrogens (tertiary/aromatic N) is 5. The Hall–Kier alpha value is -1.58. The molecular formula is C18H25N5O2S2. The van der Waals surface area contributed by atoms with Crippen molar-refractivity contribution >= 4 is 35.0 Å². The Bertz CT molecular complexity index is 800. The van der Waals surface area contributed by atoms with Crippen LogP contribution in [0.4, 0.5) is 5.95 Å². The highest BCUT2D eigenvalue weighted by atomic mass is 32.2. The number of ether oxygens (including phenoxy) is 1. The third kappa shape index (κ3) is 3.86. The van der Waals surface area contributed by atoms with Crippen molar-refractivity contribution < 1.29 is 9.53 Å². The first-order valence-corrected chi connectivity index (χ1v) is 11.2. The summed E-state index contributed by atoms with van der Waals surface area (Å²) in [5.74, 6) is 1.05. The number of hydrogen-bond donors (Lipinski definition) is 0. The third-order valence-corrected chi connectivity index (χ3v) is 7.15. The molecule has 1 fully saturated rings. The van der Waals surface area contributed by atoms with Gasteiger partial charge in [0.2, 0.25) is 11.9 Å². The van der Waals surface area contributed by atoms with E-state index in [9.17, 15) is 4.79 Å². The van der Waals surface area contributed by atoms with Crippen LogP contribution in [-0.2, 0) is 29.0 Å². The van der Waals surface area contributed by atoms with E-state index in [1.165, 1.54) is 22.2 Å². The van der Waals surface area contributed by atoms with Crippen LogP contribution in [0.3, 0.4) is 0 Å². The van der Waals surface area contributed by atoms with Crippen molar-refractivity contribution in [1.82, 2.24) is 19.7 Å². The monoisotopic (exact) mass is 407 g/mol.